The molecule has 1 saturated heterocycles. The number of carbonyl (C=O) groups excluding carboxylic acids is 1. The molecule has 10 nitrogen and oxygen atoms in total. The molecular formula is C25H35N5O5S. The summed E-state index contributed by atoms with van der Waals surface area (Å²) in [6.07, 6.45) is 5.73. The fourth-order valence-electron chi connectivity index (χ4n) is 4.36. The predicted molar refractivity (Wildman–Crippen MR) is 136 cm³/mol. The quantitative estimate of drug-likeness (QED) is 0.438. The fourth-order valence-corrected chi connectivity index (χ4v) is 5.83. The number of hydrogen-bond acceptors (Lipinski definition) is 8. The third kappa shape index (κ3) is 5.86. The Kier molecular flexibility index (Phi) is 6.89. The summed E-state index contributed by atoms with van der Waals surface area (Å²) in [5.74, 6) is -0.204. The number of sulfonamides is 1. The molecule has 0 radical (unpaired) electrons. The number of carbonyl (C=O) groups is 1. The molecular weight excluding hydrogens is 482 g/mol. The van der Waals surface area contributed by atoms with Crippen molar-refractivity contribution < 1.29 is 23.4 Å². The van der Waals surface area contributed by atoms with Crippen LogP contribution in [0.3, 0.4) is 0 Å². The Hall–Kier alpha value is -2.60. The first kappa shape index (κ1) is 26.5. The maximum absolute atomic E-state index is 13.3. The van der Waals surface area contributed by atoms with E-state index < -0.39 is 33.7 Å². The van der Waals surface area contributed by atoms with Gasteiger partial charge in [0, 0.05) is 24.3 Å². The van der Waals surface area contributed by atoms with E-state index >= 15 is 0 Å². The lowest BCUT2D eigenvalue weighted by Gasteiger charge is -2.34. The number of benzene rings is 1. The van der Waals surface area contributed by atoms with E-state index in [0.29, 0.717) is 30.0 Å². The summed E-state index contributed by atoms with van der Waals surface area (Å²) >= 11 is 0. The van der Waals surface area contributed by atoms with Gasteiger partial charge in [-0.05, 0) is 77.0 Å². The van der Waals surface area contributed by atoms with E-state index in [2.05, 4.69) is 20.0 Å². The summed E-state index contributed by atoms with van der Waals surface area (Å²) < 4.78 is 28.1. The van der Waals surface area contributed by atoms with Gasteiger partial charge in [-0.2, -0.15) is 0 Å². The first-order chi connectivity index (χ1) is 16.7. The van der Waals surface area contributed by atoms with E-state index in [4.69, 9.17) is 0 Å². The highest BCUT2D eigenvalue weighted by molar-refractivity contribution is 7.89. The van der Waals surface area contributed by atoms with Crippen molar-refractivity contribution in [1.82, 2.24) is 14.7 Å². The lowest BCUT2D eigenvalue weighted by atomic mass is 9.93. The van der Waals surface area contributed by atoms with Crippen LogP contribution in [0.1, 0.15) is 69.6 Å². The van der Waals surface area contributed by atoms with Crippen LogP contribution in [-0.4, -0.2) is 59.7 Å². The summed E-state index contributed by atoms with van der Waals surface area (Å²) in [4.78, 5) is 24.2. The number of hydrogen-bond donors (Lipinski definition) is 4. The maximum atomic E-state index is 13.3. The molecule has 2 aromatic rings. The van der Waals surface area contributed by atoms with Gasteiger partial charge < -0.3 is 20.4 Å². The minimum absolute atomic E-state index is 0.0293. The second-order valence-corrected chi connectivity index (χ2v) is 12.9. The third-order valence-electron chi connectivity index (χ3n) is 6.75. The number of aromatic nitrogens is 2. The zero-order chi connectivity index (χ0) is 26.4. The SMILES string of the molecule is CC(C)(C)NS(=O)(=O)c1cccc(NC(=O)c2ncc([C@](C)(O)CO)nc2N2CCC3(CC2)CC3)c1. The van der Waals surface area contributed by atoms with Crippen LogP contribution in [0.15, 0.2) is 35.4 Å². The van der Waals surface area contributed by atoms with Crippen molar-refractivity contribution >= 4 is 27.4 Å². The van der Waals surface area contributed by atoms with Crippen LogP contribution in [0, 0.1) is 5.41 Å². The molecule has 0 unspecified atom stereocenters. The van der Waals surface area contributed by atoms with E-state index in [1.807, 2.05) is 4.90 Å². The smallest absolute Gasteiger partial charge is 0.278 e. The monoisotopic (exact) mass is 517 g/mol. The number of anilines is 2. The second kappa shape index (κ2) is 9.37. The molecule has 1 aromatic carbocycles. The molecule has 1 atom stereocenters. The molecule has 2 heterocycles. The van der Waals surface area contributed by atoms with Crippen molar-refractivity contribution in [1.29, 1.82) is 0 Å². The molecule has 36 heavy (non-hydrogen) atoms. The molecule has 1 aliphatic heterocycles. The van der Waals surface area contributed by atoms with Gasteiger partial charge in [-0.3, -0.25) is 4.79 Å². The highest BCUT2D eigenvalue weighted by atomic mass is 32.2. The zero-order valence-corrected chi connectivity index (χ0v) is 22.0. The van der Waals surface area contributed by atoms with E-state index in [9.17, 15) is 23.4 Å². The Morgan fingerprint density at radius 2 is 1.81 bits per heavy atom. The molecule has 11 heteroatoms. The Bertz CT molecular complexity index is 1240. The summed E-state index contributed by atoms with van der Waals surface area (Å²) in [5.41, 5.74) is -1.31. The molecule has 2 aliphatic rings. The molecule has 1 saturated carbocycles. The van der Waals surface area contributed by atoms with Gasteiger partial charge in [0.1, 0.15) is 5.60 Å². The van der Waals surface area contributed by atoms with Crippen molar-refractivity contribution in [2.24, 2.45) is 5.41 Å². The van der Waals surface area contributed by atoms with Crippen molar-refractivity contribution in [3.63, 3.8) is 0 Å². The minimum atomic E-state index is -3.79. The average Bonchev–Trinajstić information content (AvgIpc) is 3.56. The minimum Gasteiger partial charge on any atom is -0.393 e. The number of nitrogens with one attached hydrogen (secondary N) is 2. The first-order valence-electron chi connectivity index (χ1n) is 12.1. The van der Waals surface area contributed by atoms with Gasteiger partial charge in [-0.15, -0.1) is 0 Å². The number of amides is 1. The summed E-state index contributed by atoms with van der Waals surface area (Å²) in [7, 11) is -3.79. The van der Waals surface area contributed by atoms with E-state index in [0.717, 1.165) is 12.8 Å². The molecule has 1 aromatic heterocycles. The normalized spacial score (nSPS) is 19.1. The predicted octanol–water partition coefficient (Wildman–Crippen LogP) is 2.39. The third-order valence-corrected chi connectivity index (χ3v) is 8.51. The van der Waals surface area contributed by atoms with Gasteiger partial charge in [-0.25, -0.2) is 23.1 Å². The highest BCUT2D eigenvalue weighted by Crippen LogP contribution is 2.54. The van der Waals surface area contributed by atoms with Gasteiger partial charge >= 0.3 is 0 Å². The Morgan fingerprint density at radius 1 is 1.14 bits per heavy atom. The van der Waals surface area contributed by atoms with Crippen LogP contribution in [0.5, 0.6) is 0 Å². The molecule has 0 bridgehead atoms. The van der Waals surface area contributed by atoms with Gasteiger partial charge in [0.15, 0.2) is 11.5 Å². The van der Waals surface area contributed by atoms with Crippen LogP contribution in [0.25, 0.3) is 0 Å². The van der Waals surface area contributed by atoms with Crippen LogP contribution in [-0.2, 0) is 15.6 Å². The average molecular weight is 518 g/mol. The molecule has 1 aliphatic carbocycles. The number of nitrogens with zero attached hydrogens (tertiary/aromatic N) is 3. The zero-order valence-electron chi connectivity index (χ0n) is 21.2. The van der Waals surface area contributed by atoms with Gasteiger partial charge in [0.2, 0.25) is 10.0 Å². The number of piperidine rings is 1. The summed E-state index contributed by atoms with van der Waals surface area (Å²) in [6, 6.07) is 6.01. The molecule has 196 valence electrons. The number of aliphatic hydroxyl groups is 2. The van der Waals surface area contributed by atoms with Crippen LogP contribution < -0.4 is 14.9 Å². The lowest BCUT2D eigenvalue weighted by molar-refractivity contribution is -0.00612. The molecule has 4 N–H and O–H groups in total. The number of aliphatic hydroxyl groups excluding tert-OH is 1. The van der Waals surface area contributed by atoms with E-state index in [-0.39, 0.29) is 16.3 Å². The molecule has 4 rings (SSSR count). The highest BCUT2D eigenvalue weighted by Gasteiger charge is 2.45. The van der Waals surface area contributed by atoms with Gasteiger partial charge in [0.05, 0.1) is 23.4 Å². The largest absolute Gasteiger partial charge is 0.393 e. The lowest BCUT2D eigenvalue weighted by Crippen LogP contribution is -2.40. The van der Waals surface area contributed by atoms with Crippen molar-refractivity contribution in [2.45, 2.75) is 69.4 Å². The van der Waals surface area contributed by atoms with Crippen LogP contribution in [0.2, 0.25) is 0 Å². The van der Waals surface area contributed by atoms with E-state index in [1.165, 1.54) is 38.1 Å². The Balaban J connectivity index is 1.62. The van der Waals surface area contributed by atoms with Crippen molar-refractivity contribution in [2.75, 3.05) is 29.9 Å². The van der Waals surface area contributed by atoms with Crippen molar-refractivity contribution in [3.8, 4) is 0 Å². The standard InChI is InChI=1S/C25H35N5O5S/c1-23(2,3)29-36(34,35)18-7-5-6-17(14-18)27-22(32)20-21(28-19(15-26-20)24(4,33)16-31)30-12-10-25(8-9-25)11-13-30/h5-7,14-15,29,31,33H,8-13,16H2,1-4H3,(H,27,32)/t24-/m1/s1. The van der Waals surface area contributed by atoms with Crippen molar-refractivity contribution in [3.05, 3.63) is 41.9 Å². The van der Waals surface area contributed by atoms with Crippen LogP contribution in [0.4, 0.5) is 11.5 Å². The van der Waals surface area contributed by atoms with E-state index in [1.54, 1.807) is 32.9 Å². The fraction of sp³-hybridized carbons (Fsp3) is 0.560. The first-order valence-corrected chi connectivity index (χ1v) is 13.6. The molecule has 1 spiro atoms. The summed E-state index contributed by atoms with van der Waals surface area (Å²) in [6.45, 7) is 7.57. The topological polar surface area (TPSA) is 145 Å². The Morgan fingerprint density at radius 3 is 2.39 bits per heavy atom. The maximum Gasteiger partial charge on any atom is 0.278 e. The Labute approximate surface area is 212 Å². The van der Waals surface area contributed by atoms with Gasteiger partial charge in [-0.1, -0.05) is 6.07 Å². The number of rotatable bonds is 7. The van der Waals surface area contributed by atoms with Crippen LogP contribution >= 0.6 is 0 Å². The summed E-state index contributed by atoms with van der Waals surface area (Å²) in [5, 5.41) is 22.9. The van der Waals surface area contributed by atoms with Gasteiger partial charge in [0.25, 0.3) is 5.91 Å². The second-order valence-electron chi connectivity index (χ2n) is 11.2. The molecule has 1 amide bonds. The molecule has 2 fully saturated rings.